The number of hydrogen-bond donors (Lipinski definition) is 0. The number of ketones is 1. The second-order valence-electron chi connectivity index (χ2n) is 7.80. The molecule has 2 aliphatic carbocycles. The first-order chi connectivity index (χ1) is 12.5. The van der Waals surface area contributed by atoms with Gasteiger partial charge in [0.25, 0.3) is 0 Å². The number of Topliss-reactive ketones (excluding diaryl/α,β-unsaturated/α-hetero) is 1. The van der Waals surface area contributed by atoms with E-state index >= 15 is 0 Å². The van der Waals surface area contributed by atoms with Crippen molar-refractivity contribution < 1.29 is 9.53 Å². The van der Waals surface area contributed by atoms with Gasteiger partial charge in [-0.3, -0.25) is 4.79 Å². The van der Waals surface area contributed by atoms with Gasteiger partial charge in [-0.2, -0.15) is 4.98 Å². The third kappa shape index (κ3) is 2.63. The van der Waals surface area contributed by atoms with Crippen LogP contribution in [0.2, 0.25) is 0 Å². The highest BCUT2D eigenvalue weighted by Gasteiger charge is 2.49. The van der Waals surface area contributed by atoms with Crippen LogP contribution in [0.5, 0.6) is 5.88 Å². The Balaban J connectivity index is 1.88. The van der Waals surface area contributed by atoms with E-state index in [1.165, 1.54) is 0 Å². The highest BCUT2D eigenvalue weighted by atomic mass is 16.5. The van der Waals surface area contributed by atoms with Crippen LogP contribution in [0.4, 0.5) is 0 Å². The Hall–Kier alpha value is -2.23. The maximum absolute atomic E-state index is 12.3. The van der Waals surface area contributed by atoms with E-state index in [9.17, 15) is 4.79 Å². The smallest absolute Gasteiger partial charge is 0.220 e. The fourth-order valence-electron chi connectivity index (χ4n) is 4.87. The standard InChI is InChI=1S/C22H26N2O2/c1-4-26-21-16-10-11-17-14(2)18(25)12-13-22(17,3)19(16)23-20(24-21)15-8-6-5-7-9-15/h5-9,14,17H,4,10-13H2,1-3H3/t14-,17-,22-/m0/s1. The molecule has 0 spiro atoms. The summed E-state index contributed by atoms with van der Waals surface area (Å²) in [6.45, 7) is 6.96. The number of benzene rings is 1. The van der Waals surface area contributed by atoms with E-state index in [0.717, 1.165) is 47.8 Å². The number of rotatable bonds is 3. The second-order valence-corrected chi connectivity index (χ2v) is 7.80. The van der Waals surface area contributed by atoms with Gasteiger partial charge in [0, 0.05) is 28.9 Å². The minimum absolute atomic E-state index is 0.0841. The molecule has 1 fully saturated rings. The van der Waals surface area contributed by atoms with Crippen molar-refractivity contribution in [3.8, 4) is 17.3 Å². The maximum atomic E-state index is 12.3. The molecule has 0 amide bonds. The molecule has 1 heterocycles. The van der Waals surface area contributed by atoms with E-state index in [2.05, 4.69) is 13.8 Å². The molecule has 1 saturated carbocycles. The fraction of sp³-hybridized carbons (Fsp3) is 0.500. The summed E-state index contributed by atoms with van der Waals surface area (Å²) in [6.07, 6.45) is 3.40. The van der Waals surface area contributed by atoms with Gasteiger partial charge in [-0.1, -0.05) is 44.2 Å². The molecular formula is C22H26N2O2. The van der Waals surface area contributed by atoms with Crippen LogP contribution in [-0.4, -0.2) is 22.4 Å². The number of hydrogen-bond acceptors (Lipinski definition) is 4. The Morgan fingerprint density at radius 1 is 1.19 bits per heavy atom. The van der Waals surface area contributed by atoms with Crippen LogP contribution in [0.1, 0.15) is 51.3 Å². The quantitative estimate of drug-likeness (QED) is 0.825. The summed E-state index contributed by atoms with van der Waals surface area (Å²) in [5.74, 6) is 2.30. The number of ether oxygens (including phenoxy) is 1. The molecule has 136 valence electrons. The Bertz CT molecular complexity index is 834. The molecule has 0 N–H and O–H groups in total. The molecule has 4 heteroatoms. The molecule has 0 aliphatic heterocycles. The Labute approximate surface area is 155 Å². The first kappa shape index (κ1) is 17.2. The predicted octanol–water partition coefficient (Wildman–Crippen LogP) is 4.36. The van der Waals surface area contributed by atoms with E-state index in [-0.39, 0.29) is 11.3 Å². The maximum Gasteiger partial charge on any atom is 0.220 e. The molecule has 2 aliphatic rings. The number of aromatic nitrogens is 2. The molecule has 4 nitrogen and oxygen atoms in total. The van der Waals surface area contributed by atoms with E-state index in [0.29, 0.717) is 24.7 Å². The van der Waals surface area contributed by atoms with Gasteiger partial charge in [0.2, 0.25) is 5.88 Å². The molecule has 0 unspecified atom stereocenters. The molecule has 0 bridgehead atoms. The summed E-state index contributed by atoms with van der Waals surface area (Å²) in [5.41, 5.74) is 3.17. The van der Waals surface area contributed by atoms with E-state index < -0.39 is 0 Å². The third-order valence-corrected chi connectivity index (χ3v) is 6.35. The average molecular weight is 350 g/mol. The van der Waals surface area contributed by atoms with Crippen molar-refractivity contribution in [3.63, 3.8) is 0 Å². The summed E-state index contributed by atoms with van der Waals surface area (Å²) in [7, 11) is 0. The number of carbonyl (C=O) groups is 1. The van der Waals surface area contributed by atoms with Crippen molar-refractivity contribution in [2.75, 3.05) is 6.61 Å². The monoisotopic (exact) mass is 350 g/mol. The molecule has 4 rings (SSSR count). The van der Waals surface area contributed by atoms with Gasteiger partial charge in [-0.05, 0) is 32.1 Å². The lowest BCUT2D eigenvalue weighted by Gasteiger charge is -2.47. The van der Waals surface area contributed by atoms with E-state index in [4.69, 9.17) is 14.7 Å². The van der Waals surface area contributed by atoms with Crippen molar-refractivity contribution in [3.05, 3.63) is 41.6 Å². The van der Waals surface area contributed by atoms with Crippen LogP contribution in [0, 0.1) is 11.8 Å². The van der Waals surface area contributed by atoms with E-state index in [1.54, 1.807) is 0 Å². The summed E-state index contributed by atoms with van der Waals surface area (Å²) >= 11 is 0. The molecular weight excluding hydrogens is 324 g/mol. The Kier molecular flexibility index (Phi) is 4.29. The molecule has 0 radical (unpaired) electrons. The summed E-state index contributed by atoms with van der Waals surface area (Å²) in [6, 6.07) is 10.1. The van der Waals surface area contributed by atoms with Crippen LogP contribution in [0.3, 0.4) is 0 Å². The molecule has 26 heavy (non-hydrogen) atoms. The molecule has 1 aromatic heterocycles. The SMILES string of the molecule is CCOc1nc(-c2ccccc2)nc2c1CC[C@H]1[C@H](C)C(=O)CC[C@]21C. The lowest BCUT2D eigenvalue weighted by Crippen LogP contribution is -2.47. The highest BCUT2D eigenvalue weighted by Crippen LogP contribution is 2.52. The van der Waals surface area contributed by atoms with Crippen LogP contribution < -0.4 is 4.74 Å². The van der Waals surface area contributed by atoms with Gasteiger partial charge >= 0.3 is 0 Å². The zero-order valence-electron chi connectivity index (χ0n) is 15.8. The van der Waals surface area contributed by atoms with Crippen LogP contribution in [-0.2, 0) is 16.6 Å². The summed E-state index contributed by atoms with van der Waals surface area (Å²) < 4.78 is 5.92. The summed E-state index contributed by atoms with van der Waals surface area (Å²) in [5, 5.41) is 0. The average Bonchev–Trinajstić information content (AvgIpc) is 2.66. The highest BCUT2D eigenvalue weighted by molar-refractivity contribution is 5.82. The van der Waals surface area contributed by atoms with Crippen molar-refractivity contribution in [1.29, 1.82) is 0 Å². The lowest BCUT2D eigenvalue weighted by atomic mass is 9.56. The number of carbonyl (C=O) groups excluding carboxylic acids is 1. The summed E-state index contributed by atoms with van der Waals surface area (Å²) in [4.78, 5) is 22.1. The van der Waals surface area contributed by atoms with Crippen LogP contribution in [0.25, 0.3) is 11.4 Å². The minimum atomic E-state index is -0.0841. The van der Waals surface area contributed by atoms with Crippen molar-refractivity contribution >= 4 is 5.78 Å². The van der Waals surface area contributed by atoms with Gasteiger partial charge in [0.05, 0.1) is 12.3 Å². The second kappa shape index (κ2) is 6.49. The van der Waals surface area contributed by atoms with Crippen molar-refractivity contribution in [1.82, 2.24) is 9.97 Å². The molecule has 0 saturated heterocycles. The zero-order valence-corrected chi connectivity index (χ0v) is 15.8. The zero-order chi connectivity index (χ0) is 18.3. The normalized spacial score (nSPS) is 27.6. The van der Waals surface area contributed by atoms with Gasteiger partial charge in [0.1, 0.15) is 5.78 Å². The number of fused-ring (bicyclic) bond motifs is 3. The molecule has 2 aromatic rings. The largest absolute Gasteiger partial charge is 0.478 e. The topological polar surface area (TPSA) is 52.1 Å². The third-order valence-electron chi connectivity index (χ3n) is 6.35. The van der Waals surface area contributed by atoms with Crippen molar-refractivity contribution in [2.45, 2.75) is 51.9 Å². The molecule has 1 aromatic carbocycles. The predicted molar refractivity (Wildman–Crippen MR) is 101 cm³/mol. The fourth-order valence-corrected chi connectivity index (χ4v) is 4.87. The van der Waals surface area contributed by atoms with E-state index in [1.807, 2.05) is 37.3 Å². The van der Waals surface area contributed by atoms with Gasteiger partial charge < -0.3 is 4.74 Å². The van der Waals surface area contributed by atoms with Gasteiger partial charge in [0.15, 0.2) is 5.82 Å². The lowest BCUT2D eigenvalue weighted by molar-refractivity contribution is -0.128. The van der Waals surface area contributed by atoms with Gasteiger partial charge in [-0.15, -0.1) is 0 Å². The Morgan fingerprint density at radius 3 is 2.69 bits per heavy atom. The Morgan fingerprint density at radius 2 is 1.96 bits per heavy atom. The van der Waals surface area contributed by atoms with Gasteiger partial charge in [-0.25, -0.2) is 4.98 Å². The first-order valence-corrected chi connectivity index (χ1v) is 9.67. The minimum Gasteiger partial charge on any atom is -0.478 e. The molecule has 3 atom stereocenters. The van der Waals surface area contributed by atoms with Crippen molar-refractivity contribution in [2.24, 2.45) is 11.8 Å². The first-order valence-electron chi connectivity index (χ1n) is 9.67. The van der Waals surface area contributed by atoms with Crippen LogP contribution in [0.15, 0.2) is 30.3 Å². The van der Waals surface area contributed by atoms with Crippen LogP contribution >= 0.6 is 0 Å². The number of nitrogens with zero attached hydrogens (tertiary/aromatic N) is 2.